The van der Waals surface area contributed by atoms with Gasteiger partial charge < -0.3 is 15.4 Å². The number of aryl methyl sites for hydroxylation is 1. The van der Waals surface area contributed by atoms with E-state index in [9.17, 15) is 4.79 Å². The molecule has 21 heavy (non-hydrogen) atoms. The van der Waals surface area contributed by atoms with E-state index in [1.54, 1.807) is 0 Å². The van der Waals surface area contributed by atoms with Crippen LogP contribution in [0.2, 0.25) is 0 Å². The van der Waals surface area contributed by atoms with E-state index in [0.717, 1.165) is 18.6 Å². The first-order valence-corrected chi connectivity index (χ1v) is 7.77. The second kappa shape index (κ2) is 9.40. The molecule has 1 aromatic rings. The van der Waals surface area contributed by atoms with Gasteiger partial charge in [-0.15, -0.1) is 0 Å². The normalized spacial score (nSPS) is 12.2. The molecule has 0 saturated heterocycles. The fourth-order valence-electron chi connectivity index (χ4n) is 1.95. The third kappa shape index (κ3) is 7.14. The molecule has 0 fully saturated rings. The minimum absolute atomic E-state index is 0.0471. The monoisotopic (exact) mass is 292 g/mol. The summed E-state index contributed by atoms with van der Waals surface area (Å²) in [6.07, 6.45) is 1.93. The molecule has 4 nitrogen and oxygen atoms in total. The number of benzene rings is 1. The van der Waals surface area contributed by atoms with Crippen LogP contribution in [0.5, 0.6) is 5.75 Å². The number of carbonyl (C=O) groups excluding carboxylic acids is 1. The van der Waals surface area contributed by atoms with Crippen LogP contribution in [0.25, 0.3) is 0 Å². The van der Waals surface area contributed by atoms with E-state index in [2.05, 4.69) is 24.5 Å². The lowest BCUT2D eigenvalue weighted by molar-refractivity contribution is -0.121. The Balaban J connectivity index is 2.23. The highest BCUT2D eigenvalue weighted by atomic mass is 16.5. The molecule has 2 N–H and O–H groups in total. The maximum absolute atomic E-state index is 11.8. The van der Waals surface area contributed by atoms with Gasteiger partial charge in [0, 0.05) is 12.1 Å². The average Bonchev–Trinajstić information content (AvgIpc) is 2.50. The minimum Gasteiger partial charge on any atom is -0.492 e. The number of rotatable bonds is 9. The van der Waals surface area contributed by atoms with Gasteiger partial charge in [-0.05, 0) is 38.8 Å². The lowest BCUT2D eigenvalue weighted by Crippen LogP contribution is -2.43. The zero-order chi connectivity index (χ0) is 15.7. The molecule has 0 aliphatic carbocycles. The highest BCUT2D eigenvalue weighted by Gasteiger charge is 2.10. The minimum atomic E-state index is 0.0471. The largest absolute Gasteiger partial charge is 0.492 e. The Labute approximate surface area is 128 Å². The second-order valence-electron chi connectivity index (χ2n) is 5.49. The molecule has 0 bridgehead atoms. The van der Waals surface area contributed by atoms with Gasteiger partial charge in [-0.1, -0.05) is 31.5 Å². The van der Waals surface area contributed by atoms with Gasteiger partial charge in [-0.3, -0.25) is 4.79 Å². The van der Waals surface area contributed by atoms with Crippen molar-refractivity contribution in [1.82, 2.24) is 10.6 Å². The van der Waals surface area contributed by atoms with Crippen molar-refractivity contribution < 1.29 is 9.53 Å². The number of ether oxygens (including phenoxy) is 1. The molecular formula is C17H28N2O2. The maximum atomic E-state index is 11.8. The molecule has 1 atom stereocenters. The number of hydrogen-bond donors (Lipinski definition) is 2. The summed E-state index contributed by atoms with van der Waals surface area (Å²) >= 11 is 0. The van der Waals surface area contributed by atoms with Crippen molar-refractivity contribution in [1.29, 1.82) is 0 Å². The van der Waals surface area contributed by atoms with E-state index >= 15 is 0 Å². The first-order valence-electron chi connectivity index (χ1n) is 7.77. The molecule has 0 heterocycles. The van der Waals surface area contributed by atoms with Crippen molar-refractivity contribution in [3.8, 4) is 5.75 Å². The summed E-state index contributed by atoms with van der Waals surface area (Å²) in [7, 11) is 0. The van der Waals surface area contributed by atoms with Gasteiger partial charge in [0.15, 0.2) is 0 Å². The Kier molecular flexibility index (Phi) is 7.83. The Bertz CT molecular complexity index is 413. The Morgan fingerprint density at radius 2 is 1.81 bits per heavy atom. The third-order valence-corrected chi connectivity index (χ3v) is 3.48. The van der Waals surface area contributed by atoms with Gasteiger partial charge in [0.25, 0.3) is 0 Å². The molecule has 1 rings (SSSR count). The summed E-state index contributed by atoms with van der Waals surface area (Å²) in [5, 5.41) is 6.19. The molecule has 0 spiro atoms. The fourth-order valence-corrected chi connectivity index (χ4v) is 1.95. The number of amides is 1. The van der Waals surface area contributed by atoms with Crippen LogP contribution >= 0.6 is 0 Å². The van der Waals surface area contributed by atoms with E-state index in [4.69, 9.17) is 4.74 Å². The van der Waals surface area contributed by atoms with Crippen LogP contribution in [0.1, 0.15) is 39.2 Å². The molecule has 0 radical (unpaired) electrons. The Morgan fingerprint density at radius 1 is 1.19 bits per heavy atom. The molecule has 0 aliphatic heterocycles. The zero-order valence-electron chi connectivity index (χ0n) is 13.6. The molecular weight excluding hydrogens is 264 g/mol. The SMILES string of the molecule is CCC(CC)NC(=O)CNC(C)COc1ccc(C)cc1. The summed E-state index contributed by atoms with van der Waals surface area (Å²) in [6.45, 7) is 9.10. The first kappa shape index (κ1) is 17.5. The smallest absolute Gasteiger partial charge is 0.234 e. The van der Waals surface area contributed by atoms with Crippen LogP contribution in [0.3, 0.4) is 0 Å². The number of hydrogen-bond acceptors (Lipinski definition) is 3. The van der Waals surface area contributed by atoms with E-state index in [0.29, 0.717) is 13.2 Å². The number of nitrogens with one attached hydrogen (secondary N) is 2. The number of carbonyl (C=O) groups is 1. The molecule has 0 aliphatic rings. The molecule has 1 amide bonds. The standard InChI is InChI=1S/C17H28N2O2/c1-5-15(6-2)19-17(20)11-18-14(4)12-21-16-9-7-13(3)8-10-16/h7-10,14-15,18H,5-6,11-12H2,1-4H3,(H,19,20). The molecule has 0 saturated carbocycles. The highest BCUT2D eigenvalue weighted by molar-refractivity contribution is 5.78. The van der Waals surface area contributed by atoms with Crippen molar-refractivity contribution >= 4 is 5.91 Å². The van der Waals surface area contributed by atoms with Crippen LogP contribution in [0.15, 0.2) is 24.3 Å². The first-order chi connectivity index (χ1) is 10.0. The molecule has 1 aromatic carbocycles. The zero-order valence-corrected chi connectivity index (χ0v) is 13.6. The van der Waals surface area contributed by atoms with Crippen molar-refractivity contribution in [2.45, 2.75) is 52.6 Å². The highest BCUT2D eigenvalue weighted by Crippen LogP contribution is 2.11. The van der Waals surface area contributed by atoms with Crippen LogP contribution in [0.4, 0.5) is 0 Å². The summed E-state index contributed by atoms with van der Waals surface area (Å²) in [5.74, 6) is 0.904. The lowest BCUT2D eigenvalue weighted by atomic mass is 10.2. The van der Waals surface area contributed by atoms with Crippen molar-refractivity contribution in [2.75, 3.05) is 13.2 Å². The van der Waals surface area contributed by atoms with Gasteiger partial charge in [-0.2, -0.15) is 0 Å². The van der Waals surface area contributed by atoms with Gasteiger partial charge in [0.05, 0.1) is 6.54 Å². The molecule has 1 unspecified atom stereocenters. The predicted octanol–water partition coefficient (Wildman–Crippen LogP) is 2.66. The van der Waals surface area contributed by atoms with Gasteiger partial charge in [-0.25, -0.2) is 0 Å². The van der Waals surface area contributed by atoms with Gasteiger partial charge in [0.2, 0.25) is 5.91 Å². The topological polar surface area (TPSA) is 50.4 Å². The van der Waals surface area contributed by atoms with Crippen molar-refractivity contribution in [3.05, 3.63) is 29.8 Å². The summed E-state index contributed by atoms with van der Waals surface area (Å²) in [6, 6.07) is 8.37. The van der Waals surface area contributed by atoms with E-state index in [1.807, 2.05) is 38.1 Å². The summed E-state index contributed by atoms with van der Waals surface area (Å²) in [4.78, 5) is 11.8. The van der Waals surface area contributed by atoms with Crippen molar-refractivity contribution in [2.24, 2.45) is 0 Å². The quantitative estimate of drug-likeness (QED) is 0.735. The second-order valence-corrected chi connectivity index (χ2v) is 5.49. The fraction of sp³-hybridized carbons (Fsp3) is 0.588. The molecule has 0 aromatic heterocycles. The average molecular weight is 292 g/mol. The Hall–Kier alpha value is -1.55. The van der Waals surface area contributed by atoms with Crippen LogP contribution < -0.4 is 15.4 Å². The van der Waals surface area contributed by atoms with Gasteiger partial charge >= 0.3 is 0 Å². The van der Waals surface area contributed by atoms with Crippen molar-refractivity contribution in [3.63, 3.8) is 0 Å². The van der Waals surface area contributed by atoms with Crippen LogP contribution in [0, 0.1) is 6.92 Å². The van der Waals surface area contributed by atoms with E-state index < -0.39 is 0 Å². The summed E-state index contributed by atoms with van der Waals surface area (Å²) < 4.78 is 5.68. The van der Waals surface area contributed by atoms with E-state index in [1.165, 1.54) is 5.56 Å². The van der Waals surface area contributed by atoms with E-state index in [-0.39, 0.29) is 18.0 Å². The Morgan fingerprint density at radius 3 is 2.38 bits per heavy atom. The maximum Gasteiger partial charge on any atom is 0.234 e. The lowest BCUT2D eigenvalue weighted by Gasteiger charge is -2.17. The van der Waals surface area contributed by atoms with Crippen LogP contribution in [-0.2, 0) is 4.79 Å². The predicted molar refractivity (Wildman–Crippen MR) is 86.7 cm³/mol. The van der Waals surface area contributed by atoms with Gasteiger partial charge in [0.1, 0.15) is 12.4 Å². The van der Waals surface area contributed by atoms with Crippen LogP contribution in [-0.4, -0.2) is 31.1 Å². The third-order valence-electron chi connectivity index (χ3n) is 3.48. The molecule has 118 valence electrons. The molecule has 4 heteroatoms. The summed E-state index contributed by atoms with van der Waals surface area (Å²) in [5.41, 5.74) is 1.21.